The Kier molecular flexibility index (Phi) is 12.8. The number of carbonyl (C=O) groups is 2. The van der Waals surface area contributed by atoms with Gasteiger partial charge in [-0.25, -0.2) is 10.4 Å². The van der Waals surface area contributed by atoms with Gasteiger partial charge in [-0.1, -0.05) is 53.1 Å². The Labute approximate surface area is 285 Å². The highest BCUT2D eigenvalue weighted by Crippen LogP contribution is 2.44. The molecule has 4 rings (SSSR count). The molecule has 0 bridgehead atoms. The molecule has 254 valence electrons. The lowest BCUT2D eigenvalue weighted by Crippen LogP contribution is -2.53. The normalized spacial score (nSPS) is 17.1. The van der Waals surface area contributed by atoms with Gasteiger partial charge in [0.2, 0.25) is 5.90 Å². The smallest absolute Gasteiger partial charge is 0.306 e. The minimum absolute atomic E-state index is 0.0173. The highest BCUT2D eigenvalue weighted by molar-refractivity contribution is 6.30. The maximum Gasteiger partial charge on any atom is 0.306 e. The lowest BCUT2D eigenvalue weighted by atomic mass is 9.82. The van der Waals surface area contributed by atoms with E-state index in [-0.39, 0.29) is 31.9 Å². The van der Waals surface area contributed by atoms with E-state index in [0.717, 1.165) is 5.56 Å². The summed E-state index contributed by atoms with van der Waals surface area (Å²) in [6.45, 7) is 6.11. The fraction of sp³-hybridized carbons (Fsp3) is 0.400. The SMILES string of the molecule is CC(C)(C)OC(=O)CC[C@]1(C(=O)NNCCc2cccc(Cl)c2)N=C(c2ccc(OCCCO)cc2)O[C@H]1c1ccccc1CN=[N+]=[N-]. The first-order valence-corrected chi connectivity index (χ1v) is 16.1. The second-order valence-corrected chi connectivity index (χ2v) is 12.7. The van der Waals surface area contributed by atoms with Crippen LogP contribution in [0.15, 0.2) is 82.9 Å². The number of azide groups is 1. The summed E-state index contributed by atoms with van der Waals surface area (Å²) in [6.07, 6.45) is -0.0789. The molecule has 0 aliphatic carbocycles. The highest BCUT2D eigenvalue weighted by Gasteiger charge is 2.54. The van der Waals surface area contributed by atoms with Crippen molar-refractivity contribution in [2.45, 2.75) is 70.2 Å². The van der Waals surface area contributed by atoms with Gasteiger partial charge in [0.15, 0.2) is 11.6 Å². The fourth-order valence-corrected chi connectivity index (χ4v) is 5.44. The summed E-state index contributed by atoms with van der Waals surface area (Å²) in [5, 5.41) is 13.4. The topological polar surface area (TPSA) is 167 Å². The van der Waals surface area contributed by atoms with E-state index in [1.54, 1.807) is 75.4 Å². The van der Waals surface area contributed by atoms with Crippen LogP contribution in [0.3, 0.4) is 0 Å². The minimum atomic E-state index is -1.63. The molecular weight excluding hydrogens is 636 g/mol. The van der Waals surface area contributed by atoms with Gasteiger partial charge in [-0.2, -0.15) is 0 Å². The van der Waals surface area contributed by atoms with E-state index < -0.39 is 29.1 Å². The standard InChI is InChI=1S/C35H41ClN6O6/c1-34(2,3)48-30(44)16-18-35(33(45)41-38-19-17-24-8-6-10-27(36)22-24)31(29-11-5-4-9-26(29)23-39-42-37)47-32(40-35)25-12-14-28(15-13-25)46-21-7-20-43/h4-6,8-15,22,31,38,43H,7,16-21,23H2,1-3H3,(H,41,45)/t31-,35-/m0/s1. The Bertz CT molecular complexity index is 1640. The number of aliphatic hydroxyl groups excluding tert-OH is 1. The molecule has 3 aromatic rings. The van der Waals surface area contributed by atoms with Crippen LogP contribution < -0.4 is 15.6 Å². The van der Waals surface area contributed by atoms with Crippen molar-refractivity contribution in [2.24, 2.45) is 10.1 Å². The van der Waals surface area contributed by atoms with E-state index in [9.17, 15) is 9.59 Å². The van der Waals surface area contributed by atoms with Crippen molar-refractivity contribution >= 4 is 29.4 Å². The number of ether oxygens (including phenoxy) is 3. The van der Waals surface area contributed by atoms with E-state index in [1.807, 2.05) is 18.2 Å². The van der Waals surface area contributed by atoms with Crippen LogP contribution in [-0.2, 0) is 32.0 Å². The van der Waals surface area contributed by atoms with Crippen LogP contribution in [0, 0.1) is 0 Å². The number of hydrazine groups is 1. The molecule has 1 amide bonds. The van der Waals surface area contributed by atoms with Crippen molar-refractivity contribution in [3.05, 3.63) is 111 Å². The number of benzene rings is 3. The van der Waals surface area contributed by atoms with Gasteiger partial charge in [-0.15, -0.1) is 0 Å². The molecule has 3 N–H and O–H groups in total. The first-order chi connectivity index (χ1) is 23.0. The van der Waals surface area contributed by atoms with E-state index in [2.05, 4.69) is 20.9 Å². The number of rotatable bonds is 16. The predicted octanol–water partition coefficient (Wildman–Crippen LogP) is 6.15. The number of aliphatic hydroxyl groups is 1. The van der Waals surface area contributed by atoms with Gasteiger partial charge < -0.3 is 19.3 Å². The van der Waals surface area contributed by atoms with Crippen LogP contribution in [0.2, 0.25) is 5.02 Å². The molecule has 0 fully saturated rings. The van der Waals surface area contributed by atoms with Gasteiger partial charge in [0.1, 0.15) is 11.4 Å². The number of nitrogens with zero attached hydrogens (tertiary/aromatic N) is 4. The molecule has 0 spiro atoms. The molecule has 1 aliphatic rings. The Morgan fingerprint density at radius 1 is 1.12 bits per heavy atom. The Hall–Kier alpha value is -4.61. The van der Waals surface area contributed by atoms with E-state index in [0.29, 0.717) is 53.5 Å². The van der Waals surface area contributed by atoms with Gasteiger partial charge in [0.25, 0.3) is 5.91 Å². The number of carbonyl (C=O) groups excluding carboxylic acids is 2. The summed E-state index contributed by atoms with van der Waals surface area (Å²) in [6, 6.07) is 21.7. The summed E-state index contributed by atoms with van der Waals surface area (Å²) < 4.78 is 17.8. The van der Waals surface area contributed by atoms with Gasteiger partial charge in [0, 0.05) is 41.5 Å². The average Bonchev–Trinajstić information content (AvgIpc) is 3.45. The number of hydrogen-bond donors (Lipinski definition) is 3. The third-order valence-corrected chi connectivity index (χ3v) is 7.67. The van der Waals surface area contributed by atoms with E-state index >= 15 is 0 Å². The monoisotopic (exact) mass is 676 g/mol. The zero-order chi connectivity index (χ0) is 34.6. The van der Waals surface area contributed by atoms with E-state index in [1.165, 1.54) is 0 Å². The van der Waals surface area contributed by atoms with Crippen LogP contribution in [0.1, 0.15) is 68.4 Å². The van der Waals surface area contributed by atoms with Crippen molar-refractivity contribution < 1.29 is 28.9 Å². The van der Waals surface area contributed by atoms with Crippen molar-refractivity contribution in [1.82, 2.24) is 10.9 Å². The van der Waals surface area contributed by atoms with Crippen LogP contribution >= 0.6 is 11.6 Å². The summed E-state index contributed by atoms with van der Waals surface area (Å²) >= 11 is 6.13. The van der Waals surface area contributed by atoms with E-state index in [4.69, 9.17) is 41.4 Å². The third-order valence-electron chi connectivity index (χ3n) is 7.43. The molecule has 1 heterocycles. The molecule has 1 aliphatic heterocycles. The van der Waals surface area contributed by atoms with Crippen molar-refractivity contribution in [3.8, 4) is 5.75 Å². The summed E-state index contributed by atoms with van der Waals surface area (Å²) in [5.74, 6) is -0.212. The van der Waals surface area contributed by atoms with Crippen LogP contribution in [0.25, 0.3) is 10.4 Å². The highest BCUT2D eigenvalue weighted by atomic mass is 35.5. The summed E-state index contributed by atoms with van der Waals surface area (Å²) in [4.78, 5) is 35.2. The van der Waals surface area contributed by atoms with Crippen LogP contribution in [-0.4, -0.2) is 53.8 Å². The number of esters is 1. The van der Waals surface area contributed by atoms with Crippen molar-refractivity contribution in [2.75, 3.05) is 19.8 Å². The van der Waals surface area contributed by atoms with Crippen LogP contribution in [0.4, 0.5) is 0 Å². The molecule has 2 atom stereocenters. The minimum Gasteiger partial charge on any atom is -0.494 e. The molecular formula is C35H41ClN6O6. The molecule has 0 saturated carbocycles. The lowest BCUT2D eigenvalue weighted by molar-refractivity contribution is -0.155. The number of nitrogens with one attached hydrogen (secondary N) is 2. The second-order valence-electron chi connectivity index (χ2n) is 12.2. The van der Waals surface area contributed by atoms with Crippen molar-refractivity contribution in [1.29, 1.82) is 0 Å². The largest absolute Gasteiger partial charge is 0.494 e. The lowest BCUT2D eigenvalue weighted by Gasteiger charge is -2.31. The van der Waals surface area contributed by atoms with Gasteiger partial charge in [-0.3, -0.25) is 15.0 Å². The Balaban J connectivity index is 1.71. The molecule has 0 unspecified atom stereocenters. The second kappa shape index (κ2) is 17.0. The maximum absolute atomic E-state index is 14.4. The number of hydrogen-bond acceptors (Lipinski definition) is 9. The summed E-state index contributed by atoms with van der Waals surface area (Å²) in [5.41, 5.74) is 15.3. The Morgan fingerprint density at radius 2 is 1.90 bits per heavy atom. The molecule has 13 heteroatoms. The number of aliphatic imine (C=N–C) groups is 1. The molecule has 0 saturated heterocycles. The molecule has 12 nitrogen and oxygen atoms in total. The number of halogens is 1. The quantitative estimate of drug-likeness (QED) is 0.0408. The molecule has 3 aromatic carbocycles. The summed E-state index contributed by atoms with van der Waals surface area (Å²) in [7, 11) is 0. The number of amides is 1. The zero-order valence-electron chi connectivity index (χ0n) is 27.3. The first kappa shape index (κ1) is 36.2. The Morgan fingerprint density at radius 3 is 2.60 bits per heavy atom. The molecule has 0 aromatic heterocycles. The third kappa shape index (κ3) is 9.95. The first-order valence-electron chi connectivity index (χ1n) is 15.7. The molecule has 0 radical (unpaired) electrons. The van der Waals surface area contributed by atoms with Gasteiger partial charge in [0.05, 0.1) is 13.2 Å². The zero-order valence-corrected chi connectivity index (χ0v) is 28.1. The predicted molar refractivity (Wildman–Crippen MR) is 182 cm³/mol. The average molecular weight is 677 g/mol. The maximum atomic E-state index is 14.4. The van der Waals surface area contributed by atoms with Gasteiger partial charge in [-0.05, 0) is 92.2 Å². The molecule has 48 heavy (non-hydrogen) atoms. The van der Waals surface area contributed by atoms with Gasteiger partial charge >= 0.3 is 5.97 Å². The van der Waals surface area contributed by atoms with Crippen LogP contribution in [0.5, 0.6) is 5.75 Å². The fourth-order valence-electron chi connectivity index (χ4n) is 5.22. The van der Waals surface area contributed by atoms with Crippen molar-refractivity contribution in [3.63, 3.8) is 0 Å².